The zero-order valence-corrected chi connectivity index (χ0v) is 11.6. The van der Waals surface area contributed by atoms with Gasteiger partial charge in [0.15, 0.2) is 11.6 Å². The maximum absolute atomic E-state index is 13.4. The van der Waals surface area contributed by atoms with Crippen LogP contribution >= 0.6 is 0 Å². The van der Waals surface area contributed by atoms with Crippen molar-refractivity contribution in [2.75, 3.05) is 13.2 Å². The highest BCUT2D eigenvalue weighted by molar-refractivity contribution is 5.29. The van der Waals surface area contributed by atoms with Gasteiger partial charge in [0.1, 0.15) is 0 Å². The van der Waals surface area contributed by atoms with E-state index in [1.165, 1.54) is 6.07 Å². The van der Waals surface area contributed by atoms with Gasteiger partial charge in [0.2, 0.25) is 0 Å². The predicted octanol–water partition coefficient (Wildman–Crippen LogP) is 3.68. The van der Waals surface area contributed by atoms with E-state index < -0.39 is 0 Å². The van der Waals surface area contributed by atoms with Crippen molar-refractivity contribution in [1.29, 1.82) is 0 Å². The standard InChI is InChI=1S/C15H24FNO/c1-4-17-13(3)7-5-6-10-18-15-11-12(2)8-9-14(15)16/h8-9,11,13,17H,4-7,10H2,1-3H3. The molecule has 0 aliphatic rings. The van der Waals surface area contributed by atoms with E-state index in [9.17, 15) is 4.39 Å². The van der Waals surface area contributed by atoms with Crippen molar-refractivity contribution in [2.45, 2.75) is 46.1 Å². The SMILES string of the molecule is CCNC(C)CCCCOc1cc(C)ccc1F. The van der Waals surface area contributed by atoms with Gasteiger partial charge in [0.25, 0.3) is 0 Å². The first-order valence-corrected chi connectivity index (χ1v) is 6.75. The number of hydrogen-bond acceptors (Lipinski definition) is 2. The topological polar surface area (TPSA) is 21.3 Å². The van der Waals surface area contributed by atoms with E-state index in [4.69, 9.17) is 4.74 Å². The smallest absolute Gasteiger partial charge is 0.165 e. The Morgan fingerprint density at radius 1 is 1.33 bits per heavy atom. The van der Waals surface area contributed by atoms with Gasteiger partial charge < -0.3 is 10.1 Å². The van der Waals surface area contributed by atoms with Gasteiger partial charge in [0.05, 0.1) is 6.61 Å². The van der Waals surface area contributed by atoms with E-state index in [0.29, 0.717) is 18.4 Å². The molecule has 102 valence electrons. The van der Waals surface area contributed by atoms with Gasteiger partial charge in [0, 0.05) is 6.04 Å². The number of rotatable bonds is 8. The number of nitrogens with one attached hydrogen (secondary N) is 1. The van der Waals surface area contributed by atoms with E-state index in [1.54, 1.807) is 12.1 Å². The summed E-state index contributed by atoms with van der Waals surface area (Å²) < 4.78 is 18.8. The van der Waals surface area contributed by atoms with Gasteiger partial charge in [-0.05, 0) is 57.4 Å². The van der Waals surface area contributed by atoms with Crippen molar-refractivity contribution in [3.8, 4) is 5.75 Å². The zero-order valence-electron chi connectivity index (χ0n) is 11.6. The lowest BCUT2D eigenvalue weighted by Crippen LogP contribution is -2.25. The molecular weight excluding hydrogens is 229 g/mol. The highest BCUT2D eigenvalue weighted by Gasteiger charge is 2.03. The second kappa shape index (κ2) is 8.09. The Labute approximate surface area is 110 Å². The van der Waals surface area contributed by atoms with Crippen molar-refractivity contribution in [3.63, 3.8) is 0 Å². The Bertz CT molecular complexity index is 354. The minimum atomic E-state index is -0.276. The summed E-state index contributed by atoms with van der Waals surface area (Å²) in [5.41, 5.74) is 1.02. The number of halogens is 1. The molecule has 0 saturated heterocycles. The van der Waals surface area contributed by atoms with Crippen molar-refractivity contribution >= 4 is 0 Å². The second-order valence-electron chi connectivity index (χ2n) is 4.74. The third-order valence-electron chi connectivity index (χ3n) is 2.93. The van der Waals surface area contributed by atoms with Crippen molar-refractivity contribution in [2.24, 2.45) is 0 Å². The first kappa shape index (κ1) is 15.0. The maximum atomic E-state index is 13.4. The highest BCUT2D eigenvalue weighted by atomic mass is 19.1. The quantitative estimate of drug-likeness (QED) is 0.714. The fraction of sp³-hybridized carbons (Fsp3) is 0.600. The van der Waals surface area contributed by atoms with Crippen molar-refractivity contribution in [1.82, 2.24) is 5.32 Å². The molecule has 0 spiro atoms. The molecule has 0 amide bonds. The van der Waals surface area contributed by atoms with Gasteiger partial charge >= 0.3 is 0 Å². The zero-order chi connectivity index (χ0) is 13.4. The third kappa shape index (κ3) is 5.50. The molecule has 1 rings (SSSR count). The number of aryl methyl sites for hydroxylation is 1. The Morgan fingerprint density at radius 2 is 2.11 bits per heavy atom. The van der Waals surface area contributed by atoms with Crippen LogP contribution in [0.4, 0.5) is 4.39 Å². The Hall–Kier alpha value is -1.09. The summed E-state index contributed by atoms with van der Waals surface area (Å²) in [4.78, 5) is 0. The third-order valence-corrected chi connectivity index (χ3v) is 2.93. The highest BCUT2D eigenvalue weighted by Crippen LogP contribution is 2.18. The number of benzene rings is 1. The number of unbranched alkanes of at least 4 members (excludes halogenated alkanes) is 1. The Balaban J connectivity index is 2.19. The fourth-order valence-electron chi connectivity index (χ4n) is 1.91. The van der Waals surface area contributed by atoms with E-state index in [2.05, 4.69) is 19.2 Å². The summed E-state index contributed by atoms with van der Waals surface area (Å²) in [5, 5.41) is 3.37. The molecule has 0 aliphatic heterocycles. The molecule has 0 aliphatic carbocycles. The summed E-state index contributed by atoms with van der Waals surface area (Å²) in [6.45, 7) is 7.82. The van der Waals surface area contributed by atoms with Crippen LogP contribution in [-0.2, 0) is 0 Å². The van der Waals surface area contributed by atoms with Crippen molar-refractivity contribution in [3.05, 3.63) is 29.6 Å². The molecule has 1 N–H and O–H groups in total. The molecule has 1 aromatic rings. The summed E-state index contributed by atoms with van der Waals surface area (Å²) in [6, 6.07) is 5.50. The molecule has 1 aromatic carbocycles. The van der Waals surface area contributed by atoms with Gasteiger partial charge in [-0.15, -0.1) is 0 Å². The molecule has 0 heterocycles. The van der Waals surface area contributed by atoms with Crippen LogP contribution in [0.3, 0.4) is 0 Å². The van der Waals surface area contributed by atoms with Crippen LogP contribution < -0.4 is 10.1 Å². The Kier molecular flexibility index (Phi) is 6.73. The summed E-state index contributed by atoms with van der Waals surface area (Å²) in [6.07, 6.45) is 3.19. The van der Waals surface area contributed by atoms with E-state index in [1.807, 2.05) is 6.92 Å². The second-order valence-corrected chi connectivity index (χ2v) is 4.74. The van der Waals surface area contributed by atoms with E-state index >= 15 is 0 Å². The molecule has 1 unspecified atom stereocenters. The van der Waals surface area contributed by atoms with Crippen LogP contribution in [0.15, 0.2) is 18.2 Å². The van der Waals surface area contributed by atoms with Gasteiger partial charge in [-0.25, -0.2) is 4.39 Å². The minimum Gasteiger partial charge on any atom is -0.491 e. The van der Waals surface area contributed by atoms with Crippen LogP contribution in [0.25, 0.3) is 0 Å². The normalized spacial score (nSPS) is 12.4. The molecule has 1 atom stereocenters. The fourth-order valence-corrected chi connectivity index (χ4v) is 1.91. The maximum Gasteiger partial charge on any atom is 0.165 e. The lowest BCUT2D eigenvalue weighted by Gasteiger charge is -2.12. The predicted molar refractivity (Wildman–Crippen MR) is 73.6 cm³/mol. The molecule has 0 aromatic heterocycles. The largest absolute Gasteiger partial charge is 0.491 e. The molecule has 3 heteroatoms. The lowest BCUT2D eigenvalue weighted by molar-refractivity contribution is 0.287. The molecule has 18 heavy (non-hydrogen) atoms. The van der Waals surface area contributed by atoms with E-state index in [0.717, 1.165) is 31.4 Å². The van der Waals surface area contributed by atoms with E-state index in [-0.39, 0.29) is 5.82 Å². The van der Waals surface area contributed by atoms with Crippen LogP contribution in [0.5, 0.6) is 5.75 Å². The van der Waals surface area contributed by atoms with Gasteiger partial charge in [-0.2, -0.15) is 0 Å². The molecular formula is C15H24FNO. The summed E-state index contributed by atoms with van der Waals surface area (Å²) in [7, 11) is 0. The lowest BCUT2D eigenvalue weighted by atomic mass is 10.1. The van der Waals surface area contributed by atoms with Crippen LogP contribution in [0.1, 0.15) is 38.7 Å². The number of hydrogen-bond donors (Lipinski definition) is 1. The minimum absolute atomic E-state index is 0.276. The van der Waals surface area contributed by atoms with Crippen LogP contribution in [-0.4, -0.2) is 19.2 Å². The molecule has 0 bridgehead atoms. The first-order chi connectivity index (χ1) is 8.63. The average molecular weight is 253 g/mol. The first-order valence-electron chi connectivity index (χ1n) is 6.75. The van der Waals surface area contributed by atoms with Crippen LogP contribution in [0.2, 0.25) is 0 Å². The van der Waals surface area contributed by atoms with Crippen molar-refractivity contribution < 1.29 is 9.13 Å². The molecule has 0 radical (unpaired) electrons. The Morgan fingerprint density at radius 3 is 2.83 bits per heavy atom. The summed E-state index contributed by atoms with van der Waals surface area (Å²) in [5.74, 6) is 0.0938. The van der Waals surface area contributed by atoms with Gasteiger partial charge in [-0.1, -0.05) is 13.0 Å². The molecule has 0 saturated carbocycles. The number of ether oxygens (including phenoxy) is 1. The average Bonchev–Trinajstić information content (AvgIpc) is 2.33. The molecule has 0 fully saturated rings. The summed E-state index contributed by atoms with van der Waals surface area (Å²) >= 11 is 0. The monoisotopic (exact) mass is 253 g/mol. The van der Waals surface area contributed by atoms with Gasteiger partial charge in [-0.3, -0.25) is 0 Å². The van der Waals surface area contributed by atoms with Crippen LogP contribution in [0, 0.1) is 12.7 Å². The molecule has 2 nitrogen and oxygen atoms in total.